The predicted molar refractivity (Wildman–Crippen MR) is 126 cm³/mol. The first-order chi connectivity index (χ1) is 17.5. The Hall–Kier alpha value is -4.02. The Morgan fingerprint density at radius 2 is 1.89 bits per heavy atom. The van der Waals surface area contributed by atoms with Crippen LogP contribution in [-0.2, 0) is 27.4 Å². The summed E-state index contributed by atoms with van der Waals surface area (Å²) < 4.78 is 36.7. The fraction of sp³-hybridized carbons (Fsp3) is 0.269. The maximum absolute atomic E-state index is 14.2. The minimum absolute atomic E-state index is 0.0235. The molecule has 1 saturated heterocycles. The van der Waals surface area contributed by atoms with Crippen LogP contribution < -0.4 is 9.64 Å². The van der Waals surface area contributed by atoms with Gasteiger partial charge in [0.05, 0.1) is 30.3 Å². The molecule has 0 bridgehead atoms. The molecule has 2 aliphatic rings. The van der Waals surface area contributed by atoms with Gasteiger partial charge in [0.15, 0.2) is 0 Å². The highest BCUT2D eigenvalue weighted by Crippen LogP contribution is 2.37. The Balaban J connectivity index is 1.34. The molecule has 0 N–H and O–H groups in total. The zero-order valence-electron chi connectivity index (χ0n) is 19.2. The minimum atomic E-state index is -0.767. The second kappa shape index (κ2) is 10.3. The number of carbonyl (C=O) groups is 1. The van der Waals surface area contributed by atoms with Gasteiger partial charge in [0.1, 0.15) is 23.9 Å². The lowest BCUT2D eigenvalue weighted by Gasteiger charge is -2.28. The van der Waals surface area contributed by atoms with Crippen molar-refractivity contribution in [3.8, 4) is 5.75 Å². The molecule has 2 heterocycles. The van der Waals surface area contributed by atoms with E-state index < -0.39 is 23.0 Å². The first kappa shape index (κ1) is 23.7. The predicted octanol–water partition coefficient (Wildman–Crippen LogP) is 4.54. The number of hydrogen-bond donors (Lipinski definition) is 0. The van der Waals surface area contributed by atoms with Gasteiger partial charge >= 0.3 is 5.97 Å². The number of nitro groups is 1. The van der Waals surface area contributed by atoms with Crippen molar-refractivity contribution >= 4 is 17.3 Å². The summed E-state index contributed by atoms with van der Waals surface area (Å²) in [5, 5.41) is 11.7. The summed E-state index contributed by atoms with van der Waals surface area (Å²) in [7, 11) is 0. The molecule has 2 aliphatic heterocycles. The number of morpholine rings is 1. The number of esters is 1. The van der Waals surface area contributed by atoms with E-state index in [0.717, 1.165) is 5.56 Å². The van der Waals surface area contributed by atoms with Crippen molar-refractivity contribution in [1.82, 2.24) is 0 Å². The van der Waals surface area contributed by atoms with Gasteiger partial charge in [0, 0.05) is 35.8 Å². The summed E-state index contributed by atoms with van der Waals surface area (Å²) in [6.45, 7) is 1.82. The van der Waals surface area contributed by atoms with E-state index in [4.69, 9.17) is 18.9 Å². The van der Waals surface area contributed by atoms with E-state index in [0.29, 0.717) is 48.9 Å². The van der Waals surface area contributed by atoms with Crippen LogP contribution >= 0.6 is 0 Å². The van der Waals surface area contributed by atoms with Crippen molar-refractivity contribution < 1.29 is 33.1 Å². The van der Waals surface area contributed by atoms with Crippen molar-refractivity contribution in [2.45, 2.75) is 19.5 Å². The third-order valence-corrected chi connectivity index (χ3v) is 6.01. The Bertz CT molecular complexity index is 1280. The highest BCUT2D eigenvalue weighted by molar-refractivity contribution is 5.91. The van der Waals surface area contributed by atoms with E-state index in [9.17, 15) is 19.3 Å². The molecule has 0 aliphatic carbocycles. The standard InChI is InChI=1S/C26H23FN2O7/c27-21-12-19(24-20(13-21)16-35-26(36-24)17-4-2-1-3-5-17)15-34-25(30)18-6-7-22(23(14-18)29(31)32)28-8-10-33-11-9-28/h1-7,12-14,26H,8-11,15-16H2/t26-/m1/s1. The summed E-state index contributed by atoms with van der Waals surface area (Å²) in [6, 6.07) is 16.1. The fourth-order valence-electron chi connectivity index (χ4n) is 4.25. The Kier molecular flexibility index (Phi) is 6.79. The molecule has 0 saturated carbocycles. The average Bonchev–Trinajstić information content (AvgIpc) is 2.92. The number of hydrogen-bond acceptors (Lipinski definition) is 8. The van der Waals surface area contributed by atoms with Crippen molar-refractivity contribution in [2.24, 2.45) is 0 Å². The zero-order valence-corrected chi connectivity index (χ0v) is 19.2. The number of nitrogens with zero attached hydrogens (tertiary/aromatic N) is 2. The second-order valence-corrected chi connectivity index (χ2v) is 8.36. The molecule has 0 unspecified atom stereocenters. The molecule has 0 spiro atoms. The van der Waals surface area contributed by atoms with Crippen LogP contribution in [0.3, 0.4) is 0 Å². The fourth-order valence-corrected chi connectivity index (χ4v) is 4.25. The summed E-state index contributed by atoms with van der Waals surface area (Å²) in [4.78, 5) is 25.8. The van der Waals surface area contributed by atoms with Crippen LogP contribution in [0.5, 0.6) is 5.75 Å². The van der Waals surface area contributed by atoms with E-state index in [2.05, 4.69) is 0 Å². The van der Waals surface area contributed by atoms with Crippen LogP contribution in [0.15, 0.2) is 60.7 Å². The SMILES string of the molecule is O=C(OCc1cc(F)cc2c1O[C@H](c1ccccc1)OC2)c1ccc(N2CCOCC2)c([N+](=O)[O-])c1. The van der Waals surface area contributed by atoms with Gasteiger partial charge in [-0.1, -0.05) is 30.3 Å². The van der Waals surface area contributed by atoms with Crippen LogP contribution in [0.4, 0.5) is 15.8 Å². The monoisotopic (exact) mass is 494 g/mol. The largest absolute Gasteiger partial charge is 0.460 e. The number of carbonyl (C=O) groups excluding carboxylic acids is 1. The molecular weight excluding hydrogens is 471 g/mol. The quantitative estimate of drug-likeness (QED) is 0.280. The average molecular weight is 494 g/mol. The molecule has 3 aromatic rings. The van der Waals surface area contributed by atoms with Gasteiger partial charge in [-0.15, -0.1) is 0 Å². The van der Waals surface area contributed by atoms with E-state index in [-0.39, 0.29) is 24.5 Å². The smallest absolute Gasteiger partial charge is 0.338 e. The molecule has 9 nitrogen and oxygen atoms in total. The summed E-state index contributed by atoms with van der Waals surface area (Å²) in [5.74, 6) is -0.898. The van der Waals surface area contributed by atoms with Crippen molar-refractivity contribution in [1.29, 1.82) is 0 Å². The molecule has 10 heteroatoms. The Labute approximate surface area is 206 Å². The van der Waals surface area contributed by atoms with E-state index >= 15 is 0 Å². The second-order valence-electron chi connectivity index (χ2n) is 8.36. The first-order valence-corrected chi connectivity index (χ1v) is 11.4. The van der Waals surface area contributed by atoms with Crippen molar-refractivity contribution in [3.05, 3.63) is 98.8 Å². The first-order valence-electron chi connectivity index (χ1n) is 11.4. The molecule has 5 rings (SSSR count). The third kappa shape index (κ3) is 5.00. The van der Waals surface area contributed by atoms with Crippen molar-refractivity contribution in [2.75, 3.05) is 31.2 Å². The lowest BCUT2D eigenvalue weighted by Crippen LogP contribution is -2.36. The maximum atomic E-state index is 14.2. The summed E-state index contributed by atoms with van der Waals surface area (Å²) in [5.41, 5.74) is 1.87. The summed E-state index contributed by atoms with van der Waals surface area (Å²) in [6.07, 6.45) is -0.686. The van der Waals surface area contributed by atoms with E-state index in [1.165, 1.54) is 30.3 Å². The zero-order chi connectivity index (χ0) is 25.1. The number of fused-ring (bicyclic) bond motifs is 1. The number of benzene rings is 3. The van der Waals surface area contributed by atoms with Gasteiger partial charge in [0.25, 0.3) is 5.69 Å². The van der Waals surface area contributed by atoms with Crippen LogP contribution in [-0.4, -0.2) is 37.2 Å². The molecule has 186 valence electrons. The van der Waals surface area contributed by atoms with E-state index in [1.807, 2.05) is 35.2 Å². The van der Waals surface area contributed by atoms with Gasteiger partial charge in [-0.2, -0.15) is 0 Å². The molecule has 1 fully saturated rings. The maximum Gasteiger partial charge on any atom is 0.338 e. The van der Waals surface area contributed by atoms with Gasteiger partial charge in [-0.05, 0) is 24.3 Å². The van der Waals surface area contributed by atoms with Crippen LogP contribution in [0, 0.1) is 15.9 Å². The number of nitro benzene ring substituents is 1. The summed E-state index contributed by atoms with van der Waals surface area (Å²) >= 11 is 0. The van der Waals surface area contributed by atoms with Crippen molar-refractivity contribution in [3.63, 3.8) is 0 Å². The van der Waals surface area contributed by atoms with Gasteiger partial charge in [-0.3, -0.25) is 10.1 Å². The molecule has 36 heavy (non-hydrogen) atoms. The topological polar surface area (TPSA) is 100 Å². The molecule has 3 aromatic carbocycles. The van der Waals surface area contributed by atoms with Crippen LogP contribution in [0.25, 0.3) is 0 Å². The van der Waals surface area contributed by atoms with Gasteiger partial charge in [-0.25, -0.2) is 9.18 Å². The van der Waals surface area contributed by atoms with E-state index in [1.54, 1.807) is 0 Å². The minimum Gasteiger partial charge on any atom is -0.460 e. The molecule has 0 radical (unpaired) electrons. The lowest BCUT2D eigenvalue weighted by molar-refractivity contribution is -0.384. The molecule has 0 amide bonds. The van der Waals surface area contributed by atoms with Gasteiger partial charge < -0.3 is 23.8 Å². The number of halogens is 1. The third-order valence-electron chi connectivity index (χ3n) is 6.01. The lowest BCUT2D eigenvalue weighted by atomic mass is 10.1. The highest BCUT2D eigenvalue weighted by atomic mass is 19.1. The normalized spacial score (nSPS) is 17.1. The molecule has 0 aromatic heterocycles. The number of ether oxygens (including phenoxy) is 4. The van der Waals surface area contributed by atoms with Gasteiger partial charge in [0.2, 0.25) is 6.29 Å². The molecular formula is C26H23FN2O7. The Morgan fingerprint density at radius 3 is 2.64 bits per heavy atom. The Morgan fingerprint density at radius 1 is 1.11 bits per heavy atom. The van der Waals surface area contributed by atoms with Crippen LogP contribution in [0.2, 0.25) is 0 Å². The number of rotatable bonds is 6. The number of anilines is 1. The highest BCUT2D eigenvalue weighted by Gasteiger charge is 2.27. The van der Waals surface area contributed by atoms with Crippen LogP contribution in [0.1, 0.15) is 33.3 Å². The molecule has 1 atom stereocenters.